The van der Waals surface area contributed by atoms with E-state index in [1.54, 1.807) is 7.11 Å². The molecule has 1 fully saturated rings. The third kappa shape index (κ3) is 6.35. The number of aliphatic imine (C=N–C) groups is 1. The van der Waals surface area contributed by atoms with Crippen molar-refractivity contribution in [3.05, 3.63) is 29.8 Å². The number of nitrogens with one attached hydrogen (secondary N) is 2. The lowest BCUT2D eigenvalue weighted by Gasteiger charge is -2.11. The molecule has 22 heavy (non-hydrogen) atoms. The second-order valence-electron chi connectivity index (χ2n) is 5.49. The fourth-order valence-electron chi connectivity index (χ4n) is 2.02. The molecule has 5 nitrogen and oxygen atoms in total. The summed E-state index contributed by atoms with van der Waals surface area (Å²) in [6.45, 7) is 5.96. The van der Waals surface area contributed by atoms with Gasteiger partial charge in [0.25, 0.3) is 0 Å². The average molecular weight is 305 g/mol. The van der Waals surface area contributed by atoms with Crippen LogP contribution < -0.4 is 15.4 Å². The Morgan fingerprint density at radius 1 is 1.23 bits per heavy atom. The molecule has 1 aromatic carbocycles. The molecule has 0 spiro atoms. The van der Waals surface area contributed by atoms with Gasteiger partial charge in [0.05, 0.1) is 20.3 Å². The largest absolute Gasteiger partial charge is 0.497 e. The second-order valence-corrected chi connectivity index (χ2v) is 5.49. The Bertz CT molecular complexity index is 455. The molecule has 0 radical (unpaired) electrons. The molecule has 0 heterocycles. The van der Waals surface area contributed by atoms with Crippen molar-refractivity contribution >= 4 is 5.96 Å². The minimum atomic E-state index is 0.641. The van der Waals surface area contributed by atoms with Gasteiger partial charge in [-0.25, -0.2) is 4.99 Å². The van der Waals surface area contributed by atoms with E-state index in [1.807, 2.05) is 24.3 Å². The van der Waals surface area contributed by atoms with Gasteiger partial charge in [0.2, 0.25) is 0 Å². The third-order valence-electron chi connectivity index (χ3n) is 3.51. The highest BCUT2D eigenvalue weighted by Crippen LogP contribution is 2.28. The summed E-state index contributed by atoms with van der Waals surface area (Å²) in [6.07, 6.45) is 2.67. The Morgan fingerprint density at radius 3 is 2.64 bits per heavy atom. The van der Waals surface area contributed by atoms with Crippen molar-refractivity contribution in [1.82, 2.24) is 10.6 Å². The van der Waals surface area contributed by atoms with Crippen molar-refractivity contribution in [2.75, 3.05) is 33.4 Å². The van der Waals surface area contributed by atoms with Crippen LogP contribution in [-0.4, -0.2) is 39.4 Å². The summed E-state index contributed by atoms with van der Waals surface area (Å²) in [5, 5.41) is 6.54. The fourth-order valence-corrected chi connectivity index (χ4v) is 2.02. The van der Waals surface area contributed by atoms with E-state index in [2.05, 4.69) is 22.5 Å². The van der Waals surface area contributed by atoms with Gasteiger partial charge >= 0.3 is 0 Å². The van der Waals surface area contributed by atoms with Gasteiger partial charge in [-0.15, -0.1) is 0 Å². The molecule has 0 bridgehead atoms. The van der Waals surface area contributed by atoms with Gasteiger partial charge < -0.3 is 20.1 Å². The molecule has 1 saturated carbocycles. The van der Waals surface area contributed by atoms with E-state index < -0.39 is 0 Å². The van der Waals surface area contributed by atoms with Crippen molar-refractivity contribution in [1.29, 1.82) is 0 Å². The smallest absolute Gasteiger partial charge is 0.191 e. The van der Waals surface area contributed by atoms with Crippen molar-refractivity contribution in [2.24, 2.45) is 10.9 Å². The molecule has 2 rings (SSSR count). The molecule has 1 aromatic rings. The molecule has 0 aliphatic heterocycles. The first-order chi connectivity index (χ1) is 10.8. The van der Waals surface area contributed by atoms with E-state index in [9.17, 15) is 0 Å². The summed E-state index contributed by atoms with van der Waals surface area (Å²) in [5.41, 5.74) is 1.16. The third-order valence-corrected chi connectivity index (χ3v) is 3.51. The van der Waals surface area contributed by atoms with Crippen molar-refractivity contribution < 1.29 is 9.47 Å². The number of benzene rings is 1. The molecule has 0 aromatic heterocycles. The molecule has 1 aliphatic rings. The highest BCUT2D eigenvalue weighted by atomic mass is 16.5. The Labute approximate surface area is 133 Å². The Kier molecular flexibility index (Phi) is 7.03. The first-order valence-electron chi connectivity index (χ1n) is 8.04. The van der Waals surface area contributed by atoms with Crippen LogP contribution in [0.2, 0.25) is 0 Å². The molecule has 122 valence electrons. The summed E-state index contributed by atoms with van der Waals surface area (Å²) in [4.78, 5) is 4.58. The molecular formula is C17H27N3O2. The summed E-state index contributed by atoms with van der Waals surface area (Å²) in [5.74, 6) is 2.51. The van der Waals surface area contributed by atoms with Crippen LogP contribution in [0.4, 0.5) is 0 Å². The summed E-state index contributed by atoms with van der Waals surface area (Å²) in [7, 11) is 1.67. The van der Waals surface area contributed by atoms with Crippen LogP contribution in [0.15, 0.2) is 29.3 Å². The van der Waals surface area contributed by atoms with Gasteiger partial charge in [-0.05, 0) is 43.4 Å². The van der Waals surface area contributed by atoms with Gasteiger partial charge in [-0.3, -0.25) is 0 Å². The SMILES string of the molecule is CCNC(=NCc1ccc(OC)cc1)NCCOCC1CC1. The zero-order valence-corrected chi connectivity index (χ0v) is 13.6. The Balaban J connectivity index is 1.72. The van der Waals surface area contributed by atoms with E-state index in [-0.39, 0.29) is 0 Å². The first kappa shape index (κ1) is 16.6. The molecule has 2 N–H and O–H groups in total. The van der Waals surface area contributed by atoms with Crippen molar-refractivity contribution in [3.8, 4) is 5.75 Å². The molecule has 0 unspecified atom stereocenters. The summed E-state index contributed by atoms with van der Waals surface area (Å²) in [6, 6.07) is 7.98. The number of nitrogens with zero attached hydrogens (tertiary/aromatic N) is 1. The number of hydrogen-bond acceptors (Lipinski definition) is 3. The standard InChI is InChI=1S/C17H27N3O2/c1-3-18-17(19-10-11-22-13-15-4-5-15)20-12-14-6-8-16(21-2)9-7-14/h6-9,15H,3-5,10-13H2,1-2H3,(H2,18,19,20). The van der Waals surface area contributed by atoms with Crippen LogP contribution in [0.5, 0.6) is 5.75 Å². The van der Waals surface area contributed by atoms with Gasteiger partial charge in [0, 0.05) is 19.7 Å². The number of methoxy groups -OCH3 is 1. The topological polar surface area (TPSA) is 54.9 Å². The first-order valence-corrected chi connectivity index (χ1v) is 8.04. The molecule has 1 aliphatic carbocycles. The molecule has 0 saturated heterocycles. The lowest BCUT2D eigenvalue weighted by molar-refractivity contribution is 0.129. The van der Waals surface area contributed by atoms with Crippen LogP contribution >= 0.6 is 0 Å². The number of rotatable bonds is 9. The van der Waals surface area contributed by atoms with Crippen LogP contribution in [0.3, 0.4) is 0 Å². The minimum Gasteiger partial charge on any atom is -0.497 e. The number of hydrogen-bond donors (Lipinski definition) is 2. The maximum absolute atomic E-state index is 5.62. The van der Waals surface area contributed by atoms with Gasteiger partial charge in [-0.2, -0.15) is 0 Å². The second kappa shape index (κ2) is 9.30. The van der Waals surface area contributed by atoms with E-state index in [1.165, 1.54) is 12.8 Å². The normalized spacial score (nSPS) is 14.7. The maximum Gasteiger partial charge on any atom is 0.191 e. The lowest BCUT2D eigenvalue weighted by atomic mass is 10.2. The Hall–Kier alpha value is -1.75. The highest BCUT2D eigenvalue weighted by Gasteiger charge is 2.20. The molecular weight excluding hydrogens is 278 g/mol. The van der Waals surface area contributed by atoms with Crippen molar-refractivity contribution in [3.63, 3.8) is 0 Å². The zero-order valence-electron chi connectivity index (χ0n) is 13.6. The predicted octanol–water partition coefficient (Wildman–Crippen LogP) is 2.18. The molecule has 0 atom stereocenters. The zero-order chi connectivity index (χ0) is 15.6. The maximum atomic E-state index is 5.62. The van der Waals surface area contributed by atoms with Gasteiger partial charge in [-0.1, -0.05) is 12.1 Å². The number of ether oxygens (including phenoxy) is 2. The Morgan fingerprint density at radius 2 is 2.00 bits per heavy atom. The number of guanidine groups is 1. The van der Waals surface area contributed by atoms with Gasteiger partial charge in [0.1, 0.15) is 5.75 Å². The van der Waals surface area contributed by atoms with Gasteiger partial charge in [0.15, 0.2) is 5.96 Å². The van der Waals surface area contributed by atoms with Crippen LogP contribution in [0, 0.1) is 5.92 Å². The fraction of sp³-hybridized carbons (Fsp3) is 0.588. The summed E-state index contributed by atoms with van der Waals surface area (Å²) < 4.78 is 10.8. The lowest BCUT2D eigenvalue weighted by Crippen LogP contribution is -2.39. The average Bonchev–Trinajstić information content (AvgIpc) is 3.37. The van der Waals surface area contributed by atoms with E-state index >= 15 is 0 Å². The summed E-state index contributed by atoms with van der Waals surface area (Å²) >= 11 is 0. The highest BCUT2D eigenvalue weighted by molar-refractivity contribution is 5.79. The monoisotopic (exact) mass is 305 g/mol. The van der Waals surface area contributed by atoms with E-state index in [0.29, 0.717) is 6.54 Å². The van der Waals surface area contributed by atoms with Crippen LogP contribution in [0.1, 0.15) is 25.3 Å². The van der Waals surface area contributed by atoms with Crippen molar-refractivity contribution in [2.45, 2.75) is 26.3 Å². The molecule has 0 amide bonds. The van der Waals surface area contributed by atoms with Crippen LogP contribution in [0.25, 0.3) is 0 Å². The van der Waals surface area contributed by atoms with E-state index in [4.69, 9.17) is 9.47 Å². The molecule has 5 heteroatoms. The van der Waals surface area contributed by atoms with Crippen LogP contribution in [-0.2, 0) is 11.3 Å². The van der Waals surface area contributed by atoms with E-state index in [0.717, 1.165) is 49.5 Å². The minimum absolute atomic E-state index is 0.641. The quantitative estimate of drug-likeness (QED) is 0.417. The predicted molar refractivity (Wildman–Crippen MR) is 89.4 cm³/mol.